The van der Waals surface area contributed by atoms with Gasteiger partial charge in [-0.1, -0.05) is 0 Å². The van der Waals surface area contributed by atoms with Gasteiger partial charge in [-0.05, 0) is 34.1 Å². The van der Waals surface area contributed by atoms with Crippen LogP contribution in [0.15, 0.2) is 34.9 Å². The topological polar surface area (TPSA) is 48.7 Å². The van der Waals surface area contributed by atoms with E-state index in [4.69, 9.17) is 5.26 Å². The van der Waals surface area contributed by atoms with E-state index < -0.39 is 11.6 Å². The lowest BCUT2D eigenvalue weighted by molar-refractivity contribution is 0.581. The highest BCUT2D eigenvalue weighted by Gasteiger charge is 2.09. The number of hydrogen-bond acceptors (Lipinski definition) is 3. The lowest BCUT2D eigenvalue weighted by atomic mass is 10.2. The Bertz CT molecular complexity index is 638. The summed E-state index contributed by atoms with van der Waals surface area (Å²) in [6.45, 7) is 0. The van der Waals surface area contributed by atoms with Gasteiger partial charge in [0.25, 0.3) is 0 Å². The number of anilines is 2. The molecule has 0 aliphatic rings. The molecule has 0 spiro atoms. The van der Waals surface area contributed by atoms with Crippen LogP contribution >= 0.6 is 15.9 Å². The Balaban J connectivity index is 2.34. The Hall–Kier alpha value is -2.00. The van der Waals surface area contributed by atoms with E-state index in [0.29, 0.717) is 11.4 Å². The Labute approximate surface area is 110 Å². The van der Waals surface area contributed by atoms with E-state index in [1.165, 1.54) is 24.4 Å². The number of nitriles is 1. The molecule has 0 radical (unpaired) electrons. The summed E-state index contributed by atoms with van der Waals surface area (Å²) in [5, 5.41) is 11.4. The molecule has 0 saturated heterocycles. The van der Waals surface area contributed by atoms with Crippen molar-refractivity contribution >= 4 is 27.4 Å². The molecular weight excluding hydrogens is 304 g/mol. The van der Waals surface area contributed by atoms with E-state index in [1.54, 1.807) is 0 Å². The fourth-order valence-electron chi connectivity index (χ4n) is 1.32. The lowest BCUT2D eigenvalue weighted by Gasteiger charge is -2.07. The molecule has 1 heterocycles. The maximum Gasteiger partial charge on any atom is 0.149 e. The monoisotopic (exact) mass is 309 g/mol. The molecule has 0 aliphatic heterocycles. The van der Waals surface area contributed by atoms with Gasteiger partial charge >= 0.3 is 0 Å². The van der Waals surface area contributed by atoms with Gasteiger partial charge in [0, 0.05) is 12.3 Å². The summed E-state index contributed by atoms with van der Waals surface area (Å²) in [5.74, 6) is -1.11. The molecule has 0 saturated carbocycles. The summed E-state index contributed by atoms with van der Waals surface area (Å²) in [6, 6.07) is 6.98. The van der Waals surface area contributed by atoms with E-state index in [-0.39, 0.29) is 10.2 Å². The van der Waals surface area contributed by atoms with Crippen LogP contribution in [0.2, 0.25) is 0 Å². The highest BCUT2D eigenvalue weighted by molar-refractivity contribution is 9.10. The first-order chi connectivity index (χ1) is 8.60. The molecule has 1 N–H and O–H groups in total. The van der Waals surface area contributed by atoms with Gasteiger partial charge in [0.1, 0.15) is 17.5 Å². The van der Waals surface area contributed by atoms with Crippen molar-refractivity contribution in [1.29, 1.82) is 5.26 Å². The summed E-state index contributed by atoms with van der Waals surface area (Å²) in [7, 11) is 0. The van der Waals surface area contributed by atoms with Crippen molar-refractivity contribution in [2.24, 2.45) is 0 Å². The van der Waals surface area contributed by atoms with Gasteiger partial charge in [-0.25, -0.2) is 13.8 Å². The lowest BCUT2D eigenvalue weighted by Crippen LogP contribution is -1.97. The van der Waals surface area contributed by atoms with E-state index in [2.05, 4.69) is 26.2 Å². The SMILES string of the molecule is N#Cc1ccnc(Nc2cc(Br)c(F)cc2F)c1. The van der Waals surface area contributed by atoms with E-state index in [9.17, 15) is 8.78 Å². The molecular formula is C12H6BrF2N3. The molecule has 1 aromatic heterocycles. The zero-order chi connectivity index (χ0) is 13.1. The molecule has 0 unspecified atom stereocenters. The third kappa shape index (κ3) is 2.63. The molecule has 0 bridgehead atoms. The Morgan fingerprint density at radius 2 is 2.00 bits per heavy atom. The minimum Gasteiger partial charge on any atom is -0.338 e. The molecule has 6 heteroatoms. The zero-order valence-corrected chi connectivity index (χ0v) is 10.5. The summed E-state index contributed by atoms with van der Waals surface area (Å²) >= 11 is 2.97. The second-order valence-corrected chi connectivity index (χ2v) is 4.27. The van der Waals surface area contributed by atoms with Crippen LogP contribution in [0, 0.1) is 23.0 Å². The highest BCUT2D eigenvalue weighted by Crippen LogP contribution is 2.25. The Morgan fingerprint density at radius 3 is 2.72 bits per heavy atom. The van der Waals surface area contributed by atoms with Crippen LogP contribution in [0.1, 0.15) is 5.56 Å². The smallest absolute Gasteiger partial charge is 0.149 e. The number of nitrogens with one attached hydrogen (secondary N) is 1. The first-order valence-corrected chi connectivity index (χ1v) is 5.67. The maximum atomic E-state index is 13.5. The molecule has 3 nitrogen and oxygen atoms in total. The normalized spacial score (nSPS) is 9.89. The average Bonchev–Trinajstić information content (AvgIpc) is 2.36. The number of nitrogens with zero attached hydrogens (tertiary/aromatic N) is 2. The van der Waals surface area contributed by atoms with Gasteiger partial charge < -0.3 is 5.32 Å². The molecule has 0 aliphatic carbocycles. The third-order valence-electron chi connectivity index (χ3n) is 2.16. The molecule has 18 heavy (non-hydrogen) atoms. The predicted octanol–water partition coefficient (Wildman–Crippen LogP) is 3.74. The summed E-state index contributed by atoms with van der Waals surface area (Å²) in [6.07, 6.45) is 1.43. The number of aromatic nitrogens is 1. The highest BCUT2D eigenvalue weighted by atomic mass is 79.9. The van der Waals surface area contributed by atoms with Crippen LogP contribution < -0.4 is 5.32 Å². The number of benzene rings is 1. The van der Waals surface area contributed by atoms with Crippen LogP contribution in [-0.2, 0) is 0 Å². The van der Waals surface area contributed by atoms with Crippen molar-refractivity contribution in [3.63, 3.8) is 0 Å². The van der Waals surface area contributed by atoms with Crippen LogP contribution in [0.3, 0.4) is 0 Å². The summed E-state index contributed by atoms with van der Waals surface area (Å²) < 4.78 is 26.7. The van der Waals surface area contributed by atoms with Crippen molar-refractivity contribution in [3.8, 4) is 6.07 Å². The maximum absolute atomic E-state index is 13.5. The number of rotatable bonds is 2. The molecule has 0 fully saturated rings. The summed E-state index contributed by atoms with van der Waals surface area (Å²) in [4.78, 5) is 3.94. The predicted molar refractivity (Wildman–Crippen MR) is 66.3 cm³/mol. The van der Waals surface area contributed by atoms with Crippen LogP contribution in [0.5, 0.6) is 0 Å². The first kappa shape index (κ1) is 12.5. The fourth-order valence-corrected chi connectivity index (χ4v) is 1.67. The molecule has 2 rings (SSSR count). The fraction of sp³-hybridized carbons (Fsp3) is 0. The molecule has 90 valence electrons. The van der Waals surface area contributed by atoms with Crippen molar-refractivity contribution in [2.75, 3.05) is 5.32 Å². The third-order valence-corrected chi connectivity index (χ3v) is 2.77. The molecule has 0 atom stereocenters. The molecule has 1 aromatic carbocycles. The molecule has 2 aromatic rings. The van der Waals surface area contributed by atoms with E-state index >= 15 is 0 Å². The van der Waals surface area contributed by atoms with Gasteiger partial charge in [0.2, 0.25) is 0 Å². The Kier molecular flexibility index (Phi) is 3.53. The number of halogens is 3. The minimum absolute atomic E-state index is 0.0749. The van der Waals surface area contributed by atoms with E-state index in [0.717, 1.165) is 6.07 Å². The van der Waals surface area contributed by atoms with E-state index in [1.807, 2.05) is 6.07 Å². The quantitative estimate of drug-likeness (QED) is 0.860. The van der Waals surface area contributed by atoms with Crippen molar-refractivity contribution in [2.45, 2.75) is 0 Å². The number of hydrogen-bond donors (Lipinski definition) is 1. The molecule has 0 amide bonds. The van der Waals surface area contributed by atoms with Crippen molar-refractivity contribution < 1.29 is 8.78 Å². The second kappa shape index (κ2) is 5.10. The van der Waals surface area contributed by atoms with Gasteiger partial charge in [-0.2, -0.15) is 5.26 Å². The van der Waals surface area contributed by atoms with Crippen LogP contribution in [0.4, 0.5) is 20.3 Å². The van der Waals surface area contributed by atoms with Gasteiger partial charge in [0.15, 0.2) is 0 Å². The number of pyridine rings is 1. The van der Waals surface area contributed by atoms with Gasteiger partial charge in [0.05, 0.1) is 21.8 Å². The van der Waals surface area contributed by atoms with Crippen molar-refractivity contribution in [1.82, 2.24) is 4.98 Å². The minimum atomic E-state index is -0.736. The Morgan fingerprint density at radius 1 is 1.22 bits per heavy atom. The van der Waals surface area contributed by atoms with Gasteiger partial charge in [-0.3, -0.25) is 0 Å². The standard InChI is InChI=1S/C12H6BrF2N3/c13-8-4-11(10(15)5-9(8)14)18-12-3-7(6-16)1-2-17-12/h1-5H,(H,17,18). The van der Waals surface area contributed by atoms with Crippen molar-refractivity contribution in [3.05, 3.63) is 52.1 Å². The van der Waals surface area contributed by atoms with Crippen LogP contribution in [0.25, 0.3) is 0 Å². The average molecular weight is 310 g/mol. The second-order valence-electron chi connectivity index (χ2n) is 3.41. The van der Waals surface area contributed by atoms with Gasteiger partial charge in [-0.15, -0.1) is 0 Å². The largest absolute Gasteiger partial charge is 0.338 e. The zero-order valence-electron chi connectivity index (χ0n) is 8.92. The summed E-state index contributed by atoms with van der Waals surface area (Å²) in [5.41, 5.74) is 0.472. The van der Waals surface area contributed by atoms with Crippen LogP contribution in [-0.4, -0.2) is 4.98 Å². The first-order valence-electron chi connectivity index (χ1n) is 4.88.